The minimum atomic E-state index is -0.0439. The number of amides is 1. The average Bonchev–Trinajstić information content (AvgIpc) is 3.44. The lowest BCUT2D eigenvalue weighted by Crippen LogP contribution is -2.31. The maximum absolute atomic E-state index is 13.2. The molecular weight excluding hydrogens is 358 g/mol. The van der Waals surface area contributed by atoms with Crippen LogP contribution in [0.2, 0.25) is 0 Å². The number of nitrogens with zero attached hydrogens (tertiary/aromatic N) is 4. The van der Waals surface area contributed by atoms with Crippen molar-refractivity contribution >= 4 is 5.91 Å². The van der Waals surface area contributed by atoms with Gasteiger partial charge in [-0.25, -0.2) is 4.68 Å². The molecule has 8 nitrogen and oxygen atoms in total. The molecule has 1 atom stereocenters. The fourth-order valence-electron chi connectivity index (χ4n) is 4.40. The lowest BCUT2D eigenvalue weighted by Gasteiger charge is -2.26. The Morgan fingerprint density at radius 3 is 2.79 bits per heavy atom. The maximum atomic E-state index is 13.2. The molecule has 0 aliphatic carbocycles. The van der Waals surface area contributed by atoms with Gasteiger partial charge in [0.05, 0.1) is 18.3 Å². The van der Waals surface area contributed by atoms with E-state index in [1.807, 2.05) is 34.0 Å². The molecule has 1 amide bonds. The van der Waals surface area contributed by atoms with Crippen LogP contribution in [0.5, 0.6) is 11.5 Å². The van der Waals surface area contributed by atoms with Crippen LogP contribution in [-0.2, 0) is 0 Å². The number of fused-ring (bicyclic) bond motifs is 1. The molecule has 1 aromatic heterocycles. The Balaban J connectivity index is 1.35. The maximum Gasteiger partial charge on any atom is 0.276 e. The van der Waals surface area contributed by atoms with E-state index in [1.165, 1.54) is 0 Å². The van der Waals surface area contributed by atoms with Gasteiger partial charge in [0, 0.05) is 6.54 Å². The van der Waals surface area contributed by atoms with E-state index in [0.29, 0.717) is 24.9 Å². The number of hydrogen-bond acceptors (Lipinski definition) is 6. The average molecular weight is 383 g/mol. The Bertz CT molecular complexity index is 861. The number of benzene rings is 1. The number of aromatic nitrogens is 3. The van der Waals surface area contributed by atoms with Crippen LogP contribution in [0, 0.1) is 0 Å². The van der Waals surface area contributed by atoms with Crippen molar-refractivity contribution in [3.05, 3.63) is 35.7 Å². The molecule has 4 heterocycles. The highest BCUT2D eigenvalue weighted by molar-refractivity contribution is 5.92. The summed E-state index contributed by atoms with van der Waals surface area (Å²) in [6.07, 6.45) is 5.76. The molecule has 0 saturated carbocycles. The summed E-state index contributed by atoms with van der Waals surface area (Å²) in [7, 11) is 0. The zero-order chi connectivity index (χ0) is 18.9. The first-order chi connectivity index (χ1) is 13.8. The lowest BCUT2D eigenvalue weighted by molar-refractivity contribution is 0.0729. The number of ether oxygens (including phenoxy) is 2. The molecule has 3 aliphatic heterocycles. The van der Waals surface area contributed by atoms with Gasteiger partial charge < -0.3 is 19.7 Å². The van der Waals surface area contributed by atoms with E-state index in [9.17, 15) is 4.79 Å². The summed E-state index contributed by atoms with van der Waals surface area (Å²) in [4.78, 5) is 15.1. The quantitative estimate of drug-likeness (QED) is 0.873. The number of hydrogen-bond donors (Lipinski definition) is 1. The van der Waals surface area contributed by atoms with Crippen molar-refractivity contribution in [2.75, 3.05) is 32.8 Å². The molecule has 1 N–H and O–H groups in total. The molecule has 8 heteroatoms. The number of carbonyl (C=O) groups is 1. The van der Waals surface area contributed by atoms with Gasteiger partial charge in [-0.05, 0) is 56.5 Å². The molecule has 3 aliphatic rings. The first-order valence-corrected chi connectivity index (χ1v) is 10.1. The van der Waals surface area contributed by atoms with Crippen molar-refractivity contribution in [1.82, 2.24) is 25.2 Å². The van der Waals surface area contributed by atoms with E-state index in [1.54, 1.807) is 0 Å². The third kappa shape index (κ3) is 3.22. The van der Waals surface area contributed by atoms with Crippen molar-refractivity contribution in [3.63, 3.8) is 0 Å². The number of nitrogens with one attached hydrogen (secondary N) is 1. The topological polar surface area (TPSA) is 81.5 Å². The third-order valence-electron chi connectivity index (χ3n) is 5.88. The molecule has 2 saturated heterocycles. The Labute approximate surface area is 163 Å². The Kier molecular flexibility index (Phi) is 4.64. The van der Waals surface area contributed by atoms with Crippen LogP contribution >= 0.6 is 0 Å². The van der Waals surface area contributed by atoms with Crippen molar-refractivity contribution in [2.45, 2.75) is 37.8 Å². The van der Waals surface area contributed by atoms with Crippen molar-refractivity contribution in [2.24, 2.45) is 0 Å². The predicted octanol–water partition coefficient (Wildman–Crippen LogP) is 1.95. The van der Waals surface area contributed by atoms with Crippen molar-refractivity contribution in [1.29, 1.82) is 0 Å². The normalized spacial score (nSPS) is 22.4. The number of likely N-dealkylation sites (tertiary alicyclic amines) is 1. The zero-order valence-corrected chi connectivity index (χ0v) is 15.8. The molecule has 1 aromatic carbocycles. The van der Waals surface area contributed by atoms with Gasteiger partial charge in [0.1, 0.15) is 13.2 Å². The fourth-order valence-corrected chi connectivity index (χ4v) is 4.40. The van der Waals surface area contributed by atoms with Crippen LogP contribution in [0.3, 0.4) is 0 Å². The second-order valence-corrected chi connectivity index (χ2v) is 7.62. The smallest absolute Gasteiger partial charge is 0.276 e. The Hall–Kier alpha value is -2.61. The van der Waals surface area contributed by atoms with Gasteiger partial charge in [-0.1, -0.05) is 11.3 Å². The number of piperidine rings is 1. The van der Waals surface area contributed by atoms with Gasteiger partial charge in [0.2, 0.25) is 0 Å². The fraction of sp³-hybridized carbons (Fsp3) is 0.550. The molecule has 0 spiro atoms. The summed E-state index contributed by atoms with van der Waals surface area (Å²) in [5, 5.41) is 11.8. The SMILES string of the molecule is O=C(c1cn(C2CCNCC2)nn1)N1CCCC1c1ccc2c(c1)OCCO2. The summed E-state index contributed by atoms with van der Waals surface area (Å²) in [6.45, 7) is 3.83. The van der Waals surface area contributed by atoms with Gasteiger partial charge in [-0.3, -0.25) is 4.79 Å². The number of rotatable bonds is 3. The first-order valence-electron chi connectivity index (χ1n) is 10.1. The highest BCUT2D eigenvalue weighted by Gasteiger charge is 2.33. The first kappa shape index (κ1) is 17.5. The largest absolute Gasteiger partial charge is 0.486 e. The van der Waals surface area contributed by atoms with Gasteiger partial charge in [0.25, 0.3) is 5.91 Å². The van der Waals surface area contributed by atoms with Crippen molar-refractivity contribution < 1.29 is 14.3 Å². The highest BCUT2D eigenvalue weighted by atomic mass is 16.6. The van der Waals surface area contributed by atoms with E-state index in [4.69, 9.17) is 9.47 Å². The summed E-state index contributed by atoms with van der Waals surface area (Å²) in [5.74, 6) is 1.49. The molecule has 1 unspecified atom stereocenters. The number of carbonyl (C=O) groups excluding carboxylic acids is 1. The van der Waals surface area contributed by atoms with Crippen LogP contribution in [-0.4, -0.2) is 58.6 Å². The van der Waals surface area contributed by atoms with Crippen LogP contribution < -0.4 is 14.8 Å². The summed E-state index contributed by atoms with van der Waals surface area (Å²) in [6, 6.07) is 6.35. The van der Waals surface area contributed by atoms with Crippen LogP contribution in [0.1, 0.15) is 53.8 Å². The molecule has 148 valence electrons. The summed E-state index contributed by atoms with van der Waals surface area (Å²) < 4.78 is 13.2. The molecule has 0 radical (unpaired) electrons. The lowest BCUT2D eigenvalue weighted by atomic mass is 10.0. The molecule has 0 bridgehead atoms. The Morgan fingerprint density at radius 1 is 1.11 bits per heavy atom. The van der Waals surface area contributed by atoms with Gasteiger partial charge in [0.15, 0.2) is 17.2 Å². The molecular formula is C20H25N5O3. The van der Waals surface area contributed by atoms with E-state index in [2.05, 4.69) is 15.6 Å². The van der Waals surface area contributed by atoms with Gasteiger partial charge in [-0.15, -0.1) is 5.10 Å². The molecule has 2 aromatic rings. The van der Waals surface area contributed by atoms with E-state index in [0.717, 1.165) is 62.4 Å². The highest BCUT2D eigenvalue weighted by Crippen LogP contribution is 2.38. The molecule has 2 fully saturated rings. The summed E-state index contributed by atoms with van der Waals surface area (Å²) >= 11 is 0. The molecule has 5 rings (SSSR count). The van der Waals surface area contributed by atoms with Crippen LogP contribution in [0.4, 0.5) is 0 Å². The minimum absolute atomic E-state index is 0.0346. The second kappa shape index (κ2) is 7.43. The van der Waals surface area contributed by atoms with Gasteiger partial charge >= 0.3 is 0 Å². The standard InChI is InChI=1S/C20H25N5O3/c26-20(16-13-25(23-22-16)15-5-7-21-8-6-15)24-9-1-2-17(24)14-3-4-18-19(12-14)28-11-10-27-18/h3-4,12-13,15,17,21H,1-2,5-11H2. The van der Waals surface area contributed by atoms with Crippen LogP contribution in [0.15, 0.2) is 24.4 Å². The van der Waals surface area contributed by atoms with E-state index >= 15 is 0 Å². The summed E-state index contributed by atoms with van der Waals surface area (Å²) in [5.41, 5.74) is 1.52. The Morgan fingerprint density at radius 2 is 1.93 bits per heavy atom. The predicted molar refractivity (Wildman–Crippen MR) is 102 cm³/mol. The second-order valence-electron chi connectivity index (χ2n) is 7.62. The van der Waals surface area contributed by atoms with E-state index < -0.39 is 0 Å². The minimum Gasteiger partial charge on any atom is -0.486 e. The van der Waals surface area contributed by atoms with Crippen molar-refractivity contribution in [3.8, 4) is 11.5 Å². The third-order valence-corrected chi connectivity index (χ3v) is 5.88. The zero-order valence-electron chi connectivity index (χ0n) is 15.8. The van der Waals surface area contributed by atoms with E-state index in [-0.39, 0.29) is 11.9 Å². The van der Waals surface area contributed by atoms with Gasteiger partial charge in [-0.2, -0.15) is 0 Å². The molecule has 28 heavy (non-hydrogen) atoms. The van der Waals surface area contributed by atoms with Crippen LogP contribution in [0.25, 0.3) is 0 Å². The monoisotopic (exact) mass is 383 g/mol.